The van der Waals surface area contributed by atoms with Crippen LogP contribution in [0.1, 0.15) is 12.8 Å². The number of piperidine rings is 1. The first-order chi connectivity index (χ1) is 16.9. The molecule has 1 N–H and O–H groups in total. The number of fused-ring (bicyclic) bond motifs is 1. The van der Waals surface area contributed by atoms with Crippen LogP contribution in [0.5, 0.6) is 0 Å². The predicted molar refractivity (Wildman–Crippen MR) is 137 cm³/mol. The highest BCUT2D eigenvalue weighted by molar-refractivity contribution is 5.77. The summed E-state index contributed by atoms with van der Waals surface area (Å²) < 4.78 is 5.02. The van der Waals surface area contributed by atoms with Crippen molar-refractivity contribution in [3.63, 3.8) is 0 Å². The van der Waals surface area contributed by atoms with E-state index in [0.717, 1.165) is 37.4 Å². The van der Waals surface area contributed by atoms with Crippen LogP contribution in [0.2, 0.25) is 0 Å². The largest absolute Gasteiger partial charge is 0.357 e. The van der Waals surface area contributed by atoms with Gasteiger partial charge in [0.25, 0.3) is 5.56 Å². The summed E-state index contributed by atoms with van der Waals surface area (Å²) in [6.07, 6.45) is 8.93. The molecule has 0 amide bonds. The first-order valence-corrected chi connectivity index (χ1v) is 11.7. The Kier molecular flexibility index (Phi) is 6.08. The fraction of sp³-hybridized carbons (Fsp3) is 0.375. The molecule has 1 saturated heterocycles. The van der Waals surface area contributed by atoms with Crippen LogP contribution in [0.4, 0.5) is 17.5 Å². The van der Waals surface area contributed by atoms with Crippen LogP contribution in [0.25, 0.3) is 16.9 Å². The normalized spacial score (nSPS) is 14.9. The summed E-state index contributed by atoms with van der Waals surface area (Å²) in [4.78, 5) is 31.8. The molecule has 11 heteroatoms. The summed E-state index contributed by atoms with van der Waals surface area (Å²) in [5, 5.41) is 7.73. The lowest BCUT2D eigenvalue weighted by Crippen LogP contribution is -2.42. The summed E-state index contributed by atoms with van der Waals surface area (Å²) in [5.74, 6) is 1.84. The molecule has 0 spiro atoms. The monoisotopic (exact) mass is 474 g/mol. The third kappa shape index (κ3) is 4.42. The van der Waals surface area contributed by atoms with E-state index in [1.54, 1.807) is 32.5 Å². The number of rotatable bonds is 7. The summed E-state index contributed by atoms with van der Waals surface area (Å²) in [6, 6.07) is 6.28. The zero-order valence-electron chi connectivity index (χ0n) is 20.3. The van der Waals surface area contributed by atoms with Crippen molar-refractivity contribution in [3.05, 3.63) is 59.8 Å². The summed E-state index contributed by atoms with van der Waals surface area (Å²) in [5.41, 5.74) is 1.04. The lowest BCUT2D eigenvalue weighted by molar-refractivity contribution is 0.252. The van der Waals surface area contributed by atoms with Crippen LogP contribution in [0, 0.1) is 0 Å². The number of likely N-dealkylation sites (tertiary alicyclic amines) is 1. The second-order valence-electron chi connectivity index (χ2n) is 8.95. The van der Waals surface area contributed by atoms with E-state index < -0.39 is 0 Å². The highest BCUT2D eigenvalue weighted by Gasteiger charge is 2.23. The molecule has 0 aliphatic carbocycles. The Hall–Kier alpha value is -3.99. The average molecular weight is 475 g/mol. The maximum absolute atomic E-state index is 13.2. The van der Waals surface area contributed by atoms with Crippen LogP contribution >= 0.6 is 0 Å². The number of pyridine rings is 1. The molecule has 1 aliphatic heterocycles. The number of anilines is 3. The quantitative estimate of drug-likeness (QED) is 0.407. The van der Waals surface area contributed by atoms with Crippen LogP contribution < -0.4 is 15.8 Å². The van der Waals surface area contributed by atoms with Crippen LogP contribution in [-0.4, -0.2) is 72.2 Å². The lowest BCUT2D eigenvalue weighted by atomic mass is 10.0. The molecule has 1 aliphatic rings. The number of hydrogen-bond acceptors (Lipinski definition) is 8. The summed E-state index contributed by atoms with van der Waals surface area (Å²) in [7, 11) is 6.08. The zero-order valence-corrected chi connectivity index (χ0v) is 20.3. The minimum Gasteiger partial charge on any atom is -0.357 e. The maximum atomic E-state index is 13.2. The molecule has 4 aromatic heterocycles. The SMILES string of the molecule is C=CCn1c(=O)c2cnc(Nc3cnn(C)c3)nc2n1-c1cccc(N(C)C2CCN(C)CC2)n1. The van der Waals surface area contributed by atoms with Crippen molar-refractivity contribution in [3.8, 4) is 5.82 Å². The van der Waals surface area contributed by atoms with Crippen molar-refractivity contribution in [2.45, 2.75) is 25.4 Å². The first-order valence-electron chi connectivity index (χ1n) is 11.7. The minimum atomic E-state index is -0.191. The lowest BCUT2D eigenvalue weighted by Gasteiger charge is -2.35. The predicted octanol–water partition coefficient (Wildman–Crippen LogP) is 2.17. The topological polar surface area (TPSA) is 102 Å². The molecule has 0 unspecified atom stereocenters. The Morgan fingerprint density at radius 3 is 2.71 bits per heavy atom. The van der Waals surface area contributed by atoms with E-state index in [1.807, 2.05) is 31.4 Å². The number of nitrogens with one attached hydrogen (secondary N) is 1. The Labute approximate surface area is 203 Å². The molecular formula is C24H30N10O. The number of aromatic nitrogens is 7. The fourth-order valence-corrected chi connectivity index (χ4v) is 4.52. The minimum absolute atomic E-state index is 0.191. The highest BCUT2D eigenvalue weighted by atomic mass is 16.1. The molecule has 0 saturated carbocycles. The van der Waals surface area contributed by atoms with Crippen molar-refractivity contribution in [1.82, 2.24) is 39.0 Å². The van der Waals surface area contributed by atoms with E-state index in [-0.39, 0.29) is 5.56 Å². The second-order valence-corrected chi connectivity index (χ2v) is 8.95. The molecule has 11 nitrogen and oxygen atoms in total. The Bertz CT molecular complexity index is 1410. The molecular weight excluding hydrogens is 444 g/mol. The van der Waals surface area contributed by atoms with Gasteiger partial charge in [0.05, 0.1) is 18.4 Å². The van der Waals surface area contributed by atoms with E-state index in [2.05, 4.69) is 50.9 Å². The van der Waals surface area contributed by atoms with Gasteiger partial charge in [-0.1, -0.05) is 12.1 Å². The van der Waals surface area contributed by atoms with Gasteiger partial charge in [-0.3, -0.25) is 9.48 Å². The van der Waals surface area contributed by atoms with Gasteiger partial charge in [0.1, 0.15) is 11.2 Å². The van der Waals surface area contributed by atoms with Gasteiger partial charge in [-0.05, 0) is 45.1 Å². The Balaban J connectivity index is 1.57. The molecule has 5 heterocycles. The maximum Gasteiger partial charge on any atom is 0.278 e. The van der Waals surface area contributed by atoms with Gasteiger partial charge < -0.3 is 15.1 Å². The number of nitrogens with zero attached hydrogens (tertiary/aromatic N) is 9. The first kappa shape index (κ1) is 22.8. The molecule has 0 bridgehead atoms. The van der Waals surface area contributed by atoms with E-state index in [1.165, 1.54) is 0 Å². The van der Waals surface area contributed by atoms with Crippen LogP contribution in [0.3, 0.4) is 0 Å². The third-order valence-corrected chi connectivity index (χ3v) is 6.47. The third-order valence-electron chi connectivity index (χ3n) is 6.47. The molecule has 0 atom stereocenters. The second kappa shape index (κ2) is 9.34. The smallest absolute Gasteiger partial charge is 0.278 e. The molecule has 182 valence electrons. The van der Waals surface area contributed by atoms with Crippen molar-refractivity contribution in [1.29, 1.82) is 0 Å². The standard InChI is InChI=1S/C24H30N10O/c1-5-11-33-23(35)19-15-25-24(27-17-14-26-31(3)16-17)29-22(19)34(33)21-8-6-7-20(28-21)32(4)18-9-12-30(2)13-10-18/h5-8,14-16,18H,1,9-13H2,2-4H3,(H,25,27,29). The molecule has 0 aromatic carbocycles. The fourth-order valence-electron chi connectivity index (χ4n) is 4.52. The Morgan fingerprint density at radius 2 is 2.00 bits per heavy atom. The van der Waals surface area contributed by atoms with Gasteiger partial charge in [0.2, 0.25) is 5.95 Å². The van der Waals surface area contributed by atoms with Gasteiger partial charge in [0, 0.05) is 32.5 Å². The number of allylic oxidation sites excluding steroid dienone is 1. The van der Waals surface area contributed by atoms with E-state index >= 15 is 0 Å². The van der Waals surface area contributed by atoms with Gasteiger partial charge in [0.15, 0.2) is 11.5 Å². The molecule has 5 rings (SSSR count). The molecule has 35 heavy (non-hydrogen) atoms. The van der Waals surface area contributed by atoms with Crippen molar-refractivity contribution in [2.75, 3.05) is 37.4 Å². The summed E-state index contributed by atoms with van der Waals surface area (Å²) >= 11 is 0. The van der Waals surface area contributed by atoms with Gasteiger partial charge in [-0.25, -0.2) is 19.3 Å². The number of hydrogen-bond donors (Lipinski definition) is 1. The van der Waals surface area contributed by atoms with Gasteiger partial charge in [-0.15, -0.1) is 6.58 Å². The van der Waals surface area contributed by atoms with Gasteiger partial charge in [-0.2, -0.15) is 10.1 Å². The number of aryl methyl sites for hydroxylation is 1. The van der Waals surface area contributed by atoms with Crippen LogP contribution in [0.15, 0.2) is 54.2 Å². The van der Waals surface area contributed by atoms with Crippen molar-refractivity contribution >= 4 is 28.5 Å². The Morgan fingerprint density at radius 1 is 1.20 bits per heavy atom. The van der Waals surface area contributed by atoms with Crippen molar-refractivity contribution in [2.24, 2.45) is 7.05 Å². The highest BCUT2D eigenvalue weighted by Crippen LogP contribution is 2.23. The van der Waals surface area contributed by atoms with E-state index in [9.17, 15) is 4.79 Å². The molecule has 1 fully saturated rings. The van der Waals surface area contributed by atoms with Gasteiger partial charge >= 0.3 is 0 Å². The summed E-state index contributed by atoms with van der Waals surface area (Å²) in [6.45, 7) is 6.28. The molecule has 4 aromatic rings. The zero-order chi connectivity index (χ0) is 24.5. The average Bonchev–Trinajstić information content (AvgIpc) is 3.39. The van der Waals surface area contributed by atoms with E-state index in [4.69, 9.17) is 4.98 Å². The van der Waals surface area contributed by atoms with Crippen molar-refractivity contribution < 1.29 is 0 Å². The van der Waals surface area contributed by atoms with E-state index in [0.29, 0.717) is 35.4 Å². The molecule has 0 radical (unpaired) electrons. The van der Waals surface area contributed by atoms with Crippen LogP contribution in [-0.2, 0) is 13.6 Å².